The Bertz CT molecular complexity index is 1420. The molecule has 0 saturated carbocycles. The molecule has 0 amide bonds. The third kappa shape index (κ3) is 4.22. The van der Waals surface area contributed by atoms with Crippen molar-refractivity contribution < 1.29 is 27.1 Å². The van der Waals surface area contributed by atoms with Gasteiger partial charge in [-0.25, -0.2) is 21.8 Å². The summed E-state index contributed by atoms with van der Waals surface area (Å²) in [7, 11) is -1.14. The van der Waals surface area contributed by atoms with Gasteiger partial charge in [-0.2, -0.15) is 0 Å². The highest BCUT2D eigenvalue weighted by Gasteiger charge is 2.26. The van der Waals surface area contributed by atoms with E-state index in [0.29, 0.717) is 17.1 Å². The molecule has 4 rings (SSSR count). The van der Waals surface area contributed by atoms with Gasteiger partial charge in [0.1, 0.15) is 11.5 Å². The van der Waals surface area contributed by atoms with Gasteiger partial charge in [-0.05, 0) is 54.6 Å². The van der Waals surface area contributed by atoms with Gasteiger partial charge in [0.2, 0.25) is 5.78 Å². The first-order valence-corrected chi connectivity index (χ1v) is 11.2. The fourth-order valence-electron chi connectivity index (χ4n) is 3.28. The number of aromatic nitrogens is 2. The number of hydrogen-bond acceptors (Lipinski definition) is 6. The van der Waals surface area contributed by atoms with Crippen molar-refractivity contribution in [3.05, 3.63) is 96.1 Å². The summed E-state index contributed by atoms with van der Waals surface area (Å²) >= 11 is 0. The molecule has 0 fully saturated rings. The SMILES string of the molecule is COc1ccc(-c2nc(C(=O)c3ccc(F)cc3)cn2S(=O)(=O)c2ccccc2)cc1OC. The molecule has 0 atom stereocenters. The molecule has 0 radical (unpaired) electrons. The molecular weight excluding hydrogens is 447 g/mol. The summed E-state index contributed by atoms with van der Waals surface area (Å²) in [5.41, 5.74) is 0.466. The number of rotatable bonds is 7. The van der Waals surface area contributed by atoms with Crippen molar-refractivity contribution in [2.45, 2.75) is 4.90 Å². The summed E-state index contributed by atoms with van der Waals surface area (Å²) in [6.45, 7) is 0. The van der Waals surface area contributed by atoms with Gasteiger partial charge in [-0.15, -0.1) is 0 Å². The minimum Gasteiger partial charge on any atom is -0.493 e. The molecule has 0 bridgehead atoms. The number of methoxy groups -OCH3 is 2. The maximum atomic E-state index is 13.4. The smallest absolute Gasteiger partial charge is 0.269 e. The maximum absolute atomic E-state index is 13.4. The number of carbonyl (C=O) groups is 1. The van der Waals surface area contributed by atoms with E-state index < -0.39 is 21.6 Å². The van der Waals surface area contributed by atoms with Crippen LogP contribution < -0.4 is 9.47 Å². The van der Waals surface area contributed by atoms with E-state index in [4.69, 9.17) is 9.47 Å². The van der Waals surface area contributed by atoms with Crippen LogP contribution in [0.3, 0.4) is 0 Å². The van der Waals surface area contributed by atoms with Crippen LogP contribution in [0.4, 0.5) is 4.39 Å². The number of ketones is 1. The maximum Gasteiger partial charge on any atom is 0.269 e. The second-order valence-electron chi connectivity index (χ2n) is 6.97. The van der Waals surface area contributed by atoms with E-state index in [0.717, 1.165) is 16.1 Å². The van der Waals surface area contributed by atoms with Crippen LogP contribution >= 0.6 is 0 Å². The Morgan fingerprint density at radius 1 is 0.909 bits per heavy atom. The summed E-state index contributed by atoms with van der Waals surface area (Å²) in [5, 5.41) is 0. The van der Waals surface area contributed by atoms with Crippen molar-refractivity contribution in [3.63, 3.8) is 0 Å². The van der Waals surface area contributed by atoms with Crippen LogP contribution in [-0.4, -0.2) is 37.4 Å². The first-order chi connectivity index (χ1) is 15.8. The fraction of sp³-hybridized carbons (Fsp3) is 0.0833. The second-order valence-corrected chi connectivity index (χ2v) is 8.78. The number of benzene rings is 3. The minimum absolute atomic E-state index is 0.0188. The van der Waals surface area contributed by atoms with E-state index in [-0.39, 0.29) is 22.0 Å². The standard InChI is InChI=1S/C24H19FN2O5S/c1-31-21-13-10-17(14-22(21)32-2)24-26-20(23(28)16-8-11-18(25)12-9-16)15-27(24)33(29,30)19-6-4-3-5-7-19/h3-15H,1-2H3. The zero-order valence-corrected chi connectivity index (χ0v) is 18.5. The first-order valence-electron chi connectivity index (χ1n) is 9.78. The third-order valence-corrected chi connectivity index (χ3v) is 6.62. The molecule has 33 heavy (non-hydrogen) atoms. The van der Waals surface area contributed by atoms with Gasteiger partial charge < -0.3 is 9.47 Å². The molecule has 0 aliphatic rings. The second kappa shape index (κ2) is 8.87. The third-order valence-electron chi connectivity index (χ3n) is 4.96. The molecule has 0 aliphatic heterocycles. The van der Waals surface area contributed by atoms with Gasteiger partial charge >= 0.3 is 0 Å². The number of carbonyl (C=O) groups excluding carboxylic acids is 1. The summed E-state index contributed by atoms with van der Waals surface area (Å²) in [6, 6.07) is 17.6. The predicted octanol–water partition coefficient (Wildman–Crippen LogP) is 4.17. The molecule has 0 N–H and O–H groups in total. The van der Waals surface area contributed by atoms with Crippen LogP contribution in [0.1, 0.15) is 16.1 Å². The zero-order valence-electron chi connectivity index (χ0n) is 17.7. The molecular formula is C24H19FN2O5S. The molecule has 4 aromatic rings. The number of ether oxygens (including phenoxy) is 2. The molecule has 1 aromatic heterocycles. The van der Waals surface area contributed by atoms with E-state index in [2.05, 4.69) is 4.98 Å². The van der Waals surface area contributed by atoms with Crippen LogP contribution in [0.15, 0.2) is 83.9 Å². The van der Waals surface area contributed by atoms with Gasteiger partial charge in [-0.3, -0.25) is 4.79 Å². The lowest BCUT2D eigenvalue weighted by Gasteiger charge is -2.12. The summed E-state index contributed by atoms with van der Waals surface area (Å²) in [6.07, 6.45) is 1.17. The van der Waals surface area contributed by atoms with Gasteiger partial charge in [0, 0.05) is 11.1 Å². The summed E-state index contributed by atoms with van der Waals surface area (Å²) in [4.78, 5) is 17.4. The fourth-order valence-corrected chi connectivity index (χ4v) is 4.62. The molecule has 168 valence electrons. The average Bonchev–Trinajstić information content (AvgIpc) is 3.30. The monoisotopic (exact) mass is 466 g/mol. The molecule has 0 aliphatic carbocycles. The Morgan fingerprint density at radius 3 is 2.21 bits per heavy atom. The molecule has 7 nitrogen and oxygen atoms in total. The molecule has 9 heteroatoms. The van der Waals surface area contributed by atoms with Crippen molar-refractivity contribution in [1.82, 2.24) is 8.96 Å². The summed E-state index contributed by atoms with van der Waals surface area (Å²) in [5.74, 6) is -0.195. The predicted molar refractivity (Wildman–Crippen MR) is 120 cm³/mol. The van der Waals surface area contributed by atoms with Crippen molar-refractivity contribution in [2.75, 3.05) is 14.2 Å². The van der Waals surface area contributed by atoms with Crippen LogP contribution in [0.2, 0.25) is 0 Å². The lowest BCUT2D eigenvalue weighted by molar-refractivity contribution is 0.103. The van der Waals surface area contributed by atoms with Crippen molar-refractivity contribution in [2.24, 2.45) is 0 Å². The Balaban J connectivity index is 1.91. The molecule has 3 aromatic carbocycles. The Kier molecular flexibility index (Phi) is 5.97. The molecule has 0 spiro atoms. The normalized spacial score (nSPS) is 11.2. The van der Waals surface area contributed by atoms with Crippen LogP contribution in [0, 0.1) is 5.82 Å². The van der Waals surface area contributed by atoms with Crippen LogP contribution in [-0.2, 0) is 10.0 Å². The number of hydrogen-bond donors (Lipinski definition) is 0. The zero-order chi connectivity index (χ0) is 23.6. The van der Waals surface area contributed by atoms with Crippen molar-refractivity contribution in [3.8, 4) is 22.9 Å². The minimum atomic E-state index is -4.08. The topological polar surface area (TPSA) is 87.5 Å². The van der Waals surface area contributed by atoms with Crippen molar-refractivity contribution >= 4 is 15.8 Å². The van der Waals surface area contributed by atoms with Crippen LogP contribution in [0.5, 0.6) is 11.5 Å². The quantitative estimate of drug-likeness (QED) is 0.380. The first kappa shape index (κ1) is 22.2. The molecule has 1 heterocycles. The van der Waals surface area contributed by atoms with E-state index in [9.17, 15) is 17.6 Å². The number of halogens is 1. The van der Waals surface area contributed by atoms with Gasteiger partial charge in [0.05, 0.1) is 25.3 Å². The summed E-state index contributed by atoms with van der Waals surface area (Å²) < 4.78 is 51.7. The van der Waals surface area contributed by atoms with Gasteiger partial charge in [0.25, 0.3) is 10.0 Å². The molecule has 0 unspecified atom stereocenters. The van der Waals surface area contributed by atoms with E-state index >= 15 is 0 Å². The van der Waals surface area contributed by atoms with Gasteiger partial charge in [0.15, 0.2) is 17.3 Å². The van der Waals surface area contributed by atoms with E-state index in [1.807, 2.05) is 0 Å². The number of nitrogens with zero attached hydrogens (tertiary/aromatic N) is 2. The van der Waals surface area contributed by atoms with Gasteiger partial charge in [-0.1, -0.05) is 18.2 Å². The highest BCUT2D eigenvalue weighted by Crippen LogP contribution is 2.33. The van der Waals surface area contributed by atoms with E-state index in [1.165, 1.54) is 44.7 Å². The Hall–Kier alpha value is -3.98. The average molecular weight is 466 g/mol. The van der Waals surface area contributed by atoms with Crippen LogP contribution in [0.25, 0.3) is 11.4 Å². The lowest BCUT2D eigenvalue weighted by Crippen LogP contribution is -2.13. The lowest BCUT2D eigenvalue weighted by atomic mass is 10.1. The highest BCUT2D eigenvalue weighted by atomic mass is 32.2. The number of imidazole rings is 1. The highest BCUT2D eigenvalue weighted by molar-refractivity contribution is 7.90. The van der Waals surface area contributed by atoms with Crippen molar-refractivity contribution in [1.29, 1.82) is 0 Å². The Morgan fingerprint density at radius 2 is 1.58 bits per heavy atom. The largest absolute Gasteiger partial charge is 0.493 e. The molecule has 0 saturated heterocycles. The van der Waals surface area contributed by atoms with E-state index in [1.54, 1.807) is 36.4 Å². The Labute approximate surface area is 190 Å².